The third-order valence-corrected chi connectivity index (χ3v) is 1.67. The predicted molar refractivity (Wildman–Crippen MR) is 50.8 cm³/mol. The van der Waals surface area contributed by atoms with Crippen LogP contribution >= 0.6 is 11.6 Å². The second-order valence-corrected chi connectivity index (χ2v) is 2.81. The number of allylic oxidation sites excluding steroid dienone is 1. The molecule has 12 heavy (non-hydrogen) atoms. The zero-order valence-corrected chi connectivity index (χ0v) is 7.39. The van der Waals surface area contributed by atoms with E-state index < -0.39 is 0 Å². The number of hydrogen-bond acceptors (Lipinski definition) is 0. The van der Waals surface area contributed by atoms with E-state index in [0.29, 0.717) is 5.88 Å². The number of alkyl halides is 1. The molecule has 0 amide bonds. The fourth-order valence-corrected chi connectivity index (χ4v) is 0.982. The van der Waals surface area contributed by atoms with E-state index >= 15 is 0 Å². The van der Waals surface area contributed by atoms with Gasteiger partial charge in [-0.1, -0.05) is 24.3 Å². The molecule has 2 heteroatoms. The Morgan fingerprint density at radius 2 is 1.92 bits per heavy atom. The molecule has 0 spiro atoms. The van der Waals surface area contributed by atoms with Crippen LogP contribution in [-0.4, -0.2) is 5.88 Å². The quantitative estimate of drug-likeness (QED) is 0.631. The lowest BCUT2D eigenvalue weighted by molar-refractivity contribution is 0.628. The number of halogens is 2. The molecule has 0 saturated carbocycles. The summed E-state index contributed by atoms with van der Waals surface area (Å²) in [7, 11) is 0. The Morgan fingerprint density at radius 3 is 2.50 bits per heavy atom. The minimum absolute atomic E-state index is 0.204. The van der Waals surface area contributed by atoms with Gasteiger partial charge in [-0.05, 0) is 24.1 Å². The van der Waals surface area contributed by atoms with Crippen LogP contribution in [0.25, 0.3) is 6.08 Å². The first-order valence-corrected chi connectivity index (χ1v) is 4.34. The molecule has 0 aromatic heterocycles. The summed E-state index contributed by atoms with van der Waals surface area (Å²) >= 11 is 5.48. The Bertz CT molecular complexity index is 251. The minimum atomic E-state index is -0.204. The van der Waals surface area contributed by atoms with Gasteiger partial charge in [-0.2, -0.15) is 0 Å². The summed E-state index contributed by atoms with van der Waals surface area (Å²) in [6, 6.07) is 6.36. The van der Waals surface area contributed by atoms with Crippen molar-refractivity contribution in [2.75, 3.05) is 5.88 Å². The molecule has 0 nitrogen and oxygen atoms in total. The highest BCUT2D eigenvalue weighted by atomic mass is 35.5. The van der Waals surface area contributed by atoms with Crippen LogP contribution in [0.15, 0.2) is 30.3 Å². The van der Waals surface area contributed by atoms with E-state index in [1.807, 2.05) is 12.2 Å². The molecule has 0 aliphatic carbocycles. The summed E-state index contributed by atoms with van der Waals surface area (Å²) in [5.41, 5.74) is 1.00. The van der Waals surface area contributed by atoms with Crippen molar-refractivity contribution in [1.29, 1.82) is 0 Å². The van der Waals surface area contributed by atoms with Crippen LogP contribution in [0.3, 0.4) is 0 Å². The molecule has 0 saturated heterocycles. The molecule has 0 aliphatic rings. The van der Waals surface area contributed by atoms with E-state index in [9.17, 15) is 4.39 Å². The highest BCUT2D eigenvalue weighted by molar-refractivity contribution is 6.17. The molecule has 0 bridgehead atoms. The lowest BCUT2D eigenvalue weighted by Gasteiger charge is -1.91. The van der Waals surface area contributed by atoms with Gasteiger partial charge in [0.05, 0.1) is 0 Å². The van der Waals surface area contributed by atoms with Gasteiger partial charge < -0.3 is 0 Å². The first-order valence-electron chi connectivity index (χ1n) is 3.81. The van der Waals surface area contributed by atoms with Gasteiger partial charge in [0.25, 0.3) is 0 Å². The van der Waals surface area contributed by atoms with Crippen LogP contribution in [0, 0.1) is 5.82 Å². The monoisotopic (exact) mass is 184 g/mol. The molecule has 0 radical (unpaired) electrons. The largest absolute Gasteiger partial charge is 0.207 e. The average Bonchev–Trinajstić information content (AvgIpc) is 2.09. The van der Waals surface area contributed by atoms with Gasteiger partial charge in [0.2, 0.25) is 0 Å². The van der Waals surface area contributed by atoms with Crippen molar-refractivity contribution in [3.8, 4) is 0 Å². The molecule has 0 fully saturated rings. The Balaban J connectivity index is 2.58. The summed E-state index contributed by atoms with van der Waals surface area (Å²) in [6.45, 7) is 0. The summed E-state index contributed by atoms with van der Waals surface area (Å²) < 4.78 is 12.4. The average molecular weight is 185 g/mol. The van der Waals surface area contributed by atoms with Gasteiger partial charge in [0.15, 0.2) is 0 Å². The van der Waals surface area contributed by atoms with Crippen molar-refractivity contribution in [3.63, 3.8) is 0 Å². The fraction of sp³-hybridized carbons (Fsp3) is 0.200. The van der Waals surface area contributed by atoms with Crippen LogP contribution in [0.2, 0.25) is 0 Å². The second-order valence-electron chi connectivity index (χ2n) is 2.43. The highest BCUT2D eigenvalue weighted by Crippen LogP contribution is 2.05. The van der Waals surface area contributed by atoms with E-state index in [4.69, 9.17) is 11.6 Å². The van der Waals surface area contributed by atoms with Crippen molar-refractivity contribution >= 4 is 17.7 Å². The first kappa shape index (κ1) is 9.27. The van der Waals surface area contributed by atoms with Gasteiger partial charge in [0.1, 0.15) is 5.82 Å². The number of rotatable bonds is 3. The van der Waals surface area contributed by atoms with Crippen LogP contribution < -0.4 is 0 Å². The Labute approximate surface area is 76.7 Å². The summed E-state index contributed by atoms with van der Waals surface area (Å²) in [4.78, 5) is 0. The SMILES string of the molecule is Fc1ccc(C=CCCCl)cc1. The van der Waals surface area contributed by atoms with Gasteiger partial charge in [-0.3, -0.25) is 0 Å². The van der Waals surface area contributed by atoms with Crippen LogP contribution in [0.4, 0.5) is 4.39 Å². The van der Waals surface area contributed by atoms with Crippen molar-refractivity contribution in [1.82, 2.24) is 0 Å². The van der Waals surface area contributed by atoms with E-state index in [0.717, 1.165) is 12.0 Å². The van der Waals surface area contributed by atoms with E-state index in [1.165, 1.54) is 12.1 Å². The standard InChI is InChI=1S/C10H10ClF/c11-8-2-1-3-9-4-6-10(12)7-5-9/h1,3-7H,2,8H2. The number of hydrogen-bond donors (Lipinski definition) is 0. The maximum atomic E-state index is 12.4. The molecular formula is C10H10ClF. The Kier molecular flexibility index (Phi) is 3.81. The topological polar surface area (TPSA) is 0 Å². The highest BCUT2D eigenvalue weighted by Gasteiger charge is 1.87. The molecule has 0 heterocycles. The van der Waals surface area contributed by atoms with Crippen molar-refractivity contribution < 1.29 is 4.39 Å². The molecule has 1 aromatic rings. The van der Waals surface area contributed by atoms with Gasteiger partial charge in [0, 0.05) is 5.88 Å². The molecule has 0 atom stereocenters. The zero-order chi connectivity index (χ0) is 8.81. The van der Waals surface area contributed by atoms with Gasteiger partial charge in [-0.15, -0.1) is 11.6 Å². The predicted octanol–water partition coefficient (Wildman–Crippen LogP) is 3.47. The van der Waals surface area contributed by atoms with Crippen LogP contribution in [-0.2, 0) is 0 Å². The van der Waals surface area contributed by atoms with Crippen molar-refractivity contribution in [3.05, 3.63) is 41.7 Å². The fourth-order valence-electron chi connectivity index (χ4n) is 0.856. The Hall–Kier alpha value is -0.820. The number of benzene rings is 1. The van der Waals surface area contributed by atoms with E-state index in [2.05, 4.69) is 0 Å². The lowest BCUT2D eigenvalue weighted by atomic mass is 10.2. The van der Waals surface area contributed by atoms with Crippen LogP contribution in [0.1, 0.15) is 12.0 Å². The first-order chi connectivity index (χ1) is 5.83. The van der Waals surface area contributed by atoms with Crippen molar-refractivity contribution in [2.45, 2.75) is 6.42 Å². The maximum absolute atomic E-state index is 12.4. The van der Waals surface area contributed by atoms with E-state index in [-0.39, 0.29) is 5.82 Å². The maximum Gasteiger partial charge on any atom is 0.123 e. The van der Waals surface area contributed by atoms with Gasteiger partial charge in [-0.25, -0.2) is 4.39 Å². The third kappa shape index (κ3) is 3.05. The summed E-state index contributed by atoms with van der Waals surface area (Å²) in [6.07, 6.45) is 4.75. The molecule has 0 aliphatic heterocycles. The van der Waals surface area contributed by atoms with Gasteiger partial charge >= 0.3 is 0 Å². The summed E-state index contributed by atoms with van der Waals surface area (Å²) in [5, 5.41) is 0. The molecule has 1 rings (SSSR count). The molecular weight excluding hydrogens is 175 g/mol. The molecule has 0 unspecified atom stereocenters. The molecule has 1 aromatic carbocycles. The normalized spacial score (nSPS) is 10.8. The Morgan fingerprint density at radius 1 is 1.25 bits per heavy atom. The van der Waals surface area contributed by atoms with E-state index in [1.54, 1.807) is 12.1 Å². The molecule has 0 N–H and O–H groups in total. The van der Waals surface area contributed by atoms with Crippen LogP contribution in [0.5, 0.6) is 0 Å². The zero-order valence-electron chi connectivity index (χ0n) is 6.63. The smallest absolute Gasteiger partial charge is 0.123 e. The summed E-state index contributed by atoms with van der Waals surface area (Å²) in [5.74, 6) is 0.419. The van der Waals surface area contributed by atoms with Crippen molar-refractivity contribution in [2.24, 2.45) is 0 Å². The molecule has 64 valence electrons. The minimum Gasteiger partial charge on any atom is -0.207 e. The lowest BCUT2D eigenvalue weighted by Crippen LogP contribution is -1.74. The third-order valence-electron chi connectivity index (χ3n) is 1.46. The second kappa shape index (κ2) is 4.94.